The minimum absolute atomic E-state index is 0.223. The van der Waals surface area contributed by atoms with Gasteiger partial charge >= 0.3 is 18.2 Å². The smallest absolute Gasteiger partial charge is 0.420 e. The zero-order chi connectivity index (χ0) is 28.3. The molecule has 3 rings (SSSR count). The van der Waals surface area contributed by atoms with Crippen LogP contribution in [0.2, 0.25) is 5.02 Å². The Balaban J connectivity index is 2.02. The van der Waals surface area contributed by atoms with Crippen LogP contribution in [0.3, 0.4) is 0 Å². The molecule has 2 aromatic rings. The Kier molecular flexibility index (Phi) is 8.86. The topological polar surface area (TPSA) is 119 Å². The van der Waals surface area contributed by atoms with Gasteiger partial charge in [-0.1, -0.05) is 17.7 Å². The largest absolute Gasteiger partial charge is 0.492 e. The van der Waals surface area contributed by atoms with Crippen LogP contribution in [0.15, 0.2) is 24.4 Å². The molecule has 11 heteroatoms. The molecule has 0 aliphatic carbocycles. The van der Waals surface area contributed by atoms with E-state index in [1.807, 2.05) is 0 Å². The highest BCUT2D eigenvalue weighted by atomic mass is 35.5. The van der Waals surface area contributed by atoms with Crippen molar-refractivity contribution in [2.45, 2.75) is 78.7 Å². The number of amides is 2. The fourth-order valence-corrected chi connectivity index (χ4v) is 4.20. The molecule has 2 N–H and O–H groups in total. The molecule has 0 saturated heterocycles. The van der Waals surface area contributed by atoms with Crippen molar-refractivity contribution in [2.24, 2.45) is 0 Å². The number of benzene rings is 1. The van der Waals surface area contributed by atoms with Crippen LogP contribution in [0.5, 0.6) is 5.75 Å². The third kappa shape index (κ3) is 7.12. The lowest BCUT2D eigenvalue weighted by Crippen LogP contribution is -2.47. The summed E-state index contributed by atoms with van der Waals surface area (Å²) in [6.07, 6.45) is 0.263. The number of anilines is 1. The van der Waals surface area contributed by atoms with Crippen LogP contribution < -0.4 is 10.1 Å². The maximum Gasteiger partial charge on any atom is 0.420 e. The first kappa shape index (κ1) is 29.2. The summed E-state index contributed by atoms with van der Waals surface area (Å²) in [7, 11) is 0. The Labute approximate surface area is 227 Å². The molecular weight excluding hydrogens is 514 g/mol. The number of hydrogen-bond acceptors (Lipinski definition) is 8. The summed E-state index contributed by atoms with van der Waals surface area (Å²) in [5, 5.41) is 3.57. The predicted molar refractivity (Wildman–Crippen MR) is 143 cm³/mol. The van der Waals surface area contributed by atoms with Crippen LogP contribution in [-0.2, 0) is 20.8 Å². The van der Waals surface area contributed by atoms with E-state index >= 15 is 0 Å². The van der Waals surface area contributed by atoms with Crippen LogP contribution in [-0.4, -0.2) is 52.5 Å². The summed E-state index contributed by atoms with van der Waals surface area (Å²) in [6.45, 7) is 12.8. The van der Waals surface area contributed by atoms with Gasteiger partial charge in [-0.25, -0.2) is 19.3 Å². The van der Waals surface area contributed by atoms with E-state index in [0.29, 0.717) is 34.0 Å². The number of fused-ring (bicyclic) bond motifs is 1. The number of nitrogens with one attached hydrogen (secondary N) is 2. The summed E-state index contributed by atoms with van der Waals surface area (Å²) in [5.41, 5.74) is 0.399. The van der Waals surface area contributed by atoms with E-state index in [9.17, 15) is 14.4 Å². The van der Waals surface area contributed by atoms with Gasteiger partial charge in [0.15, 0.2) is 0 Å². The van der Waals surface area contributed by atoms with E-state index in [1.165, 1.54) is 0 Å². The molecule has 1 atom stereocenters. The molecule has 2 heterocycles. The van der Waals surface area contributed by atoms with E-state index < -0.39 is 35.4 Å². The van der Waals surface area contributed by atoms with Crippen molar-refractivity contribution < 1.29 is 33.3 Å². The van der Waals surface area contributed by atoms with Gasteiger partial charge in [-0.2, -0.15) is 0 Å². The van der Waals surface area contributed by atoms with Crippen LogP contribution in [0.4, 0.5) is 15.3 Å². The molecular formula is C27H36ClN3O7. The molecule has 0 saturated carbocycles. The van der Waals surface area contributed by atoms with Gasteiger partial charge in [0, 0.05) is 24.7 Å². The molecule has 1 unspecified atom stereocenters. The van der Waals surface area contributed by atoms with Crippen molar-refractivity contribution in [3.8, 4) is 5.75 Å². The van der Waals surface area contributed by atoms with Crippen molar-refractivity contribution in [1.29, 1.82) is 0 Å². The molecule has 208 valence electrons. The van der Waals surface area contributed by atoms with Gasteiger partial charge in [0.25, 0.3) is 0 Å². The average Bonchev–Trinajstić information content (AvgIpc) is 3.25. The van der Waals surface area contributed by atoms with Crippen molar-refractivity contribution in [3.63, 3.8) is 0 Å². The number of aromatic nitrogens is 1. The molecule has 1 aromatic carbocycles. The third-order valence-electron chi connectivity index (χ3n) is 5.40. The van der Waals surface area contributed by atoms with Gasteiger partial charge < -0.3 is 29.2 Å². The zero-order valence-electron chi connectivity index (χ0n) is 22.9. The molecule has 1 aliphatic heterocycles. The first-order valence-electron chi connectivity index (χ1n) is 12.5. The normalized spacial score (nSPS) is 15.1. The van der Waals surface area contributed by atoms with Gasteiger partial charge in [0.05, 0.1) is 30.0 Å². The molecule has 0 spiro atoms. The SMILES string of the molecule is CCOC(=O)c1[nH]ccc1NCc1ccc(Cl)c2c1C(N(C(=O)OC(C)(C)C)C(=O)OC(C)(C)C)CCO2. The minimum atomic E-state index is -0.845. The van der Waals surface area contributed by atoms with Gasteiger partial charge in [-0.05, 0) is 66.2 Å². The highest BCUT2D eigenvalue weighted by Gasteiger charge is 2.41. The highest BCUT2D eigenvalue weighted by Crippen LogP contribution is 2.44. The fraction of sp³-hybridized carbons (Fsp3) is 0.519. The second-order valence-corrected chi connectivity index (χ2v) is 11.2. The number of H-pyrrole nitrogens is 1. The highest BCUT2D eigenvalue weighted by molar-refractivity contribution is 6.32. The minimum Gasteiger partial charge on any atom is -0.492 e. The number of hydrogen-bond donors (Lipinski definition) is 2. The summed E-state index contributed by atoms with van der Waals surface area (Å²) in [5.74, 6) is -0.112. The second kappa shape index (κ2) is 11.6. The van der Waals surface area contributed by atoms with Crippen molar-refractivity contribution in [2.75, 3.05) is 18.5 Å². The number of ether oxygens (including phenoxy) is 4. The Morgan fingerprint density at radius 1 is 1.08 bits per heavy atom. The number of aromatic amines is 1. The molecule has 1 aliphatic rings. The van der Waals surface area contributed by atoms with E-state index in [0.717, 1.165) is 4.90 Å². The number of rotatable bonds is 6. The van der Waals surface area contributed by atoms with E-state index in [4.69, 9.17) is 30.5 Å². The molecule has 2 amide bonds. The Hall–Kier alpha value is -3.40. The quantitative estimate of drug-likeness (QED) is 0.311. The molecule has 0 bridgehead atoms. The Bertz CT molecular complexity index is 1150. The van der Waals surface area contributed by atoms with Gasteiger partial charge in [-0.15, -0.1) is 0 Å². The van der Waals surface area contributed by atoms with Crippen LogP contribution in [0, 0.1) is 0 Å². The molecule has 38 heavy (non-hydrogen) atoms. The maximum absolute atomic E-state index is 13.4. The lowest BCUT2D eigenvalue weighted by atomic mass is 9.93. The Morgan fingerprint density at radius 3 is 2.29 bits per heavy atom. The zero-order valence-corrected chi connectivity index (χ0v) is 23.7. The maximum atomic E-state index is 13.4. The number of nitrogens with zero attached hydrogens (tertiary/aromatic N) is 1. The van der Waals surface area contributed by atoms with Crippen molar-refractivity contribution >= 4 is 35.4 Å². The van der Waals surface area contributed by atoms with Crippen molar-refractivity contribution in [1.82, 2.24) is 9.88 Å². The van der Waals surface area contributed by atoms with E-state index in [1.54, 1.807) is 72.9 Å². The standard InChI is InChI=1S/C27H36ClN3O7/c1-8-35-23(32)21-18(11-13-29-21)30-15-16-9-10-17(28)22-20(16)19(12-14-36-22)31(24(33)37-26(2,3)4)25(34)38-27(5,6)7/h9-11,13,19,29-30H,8,12,14-15H2,1-7H3. The Morgan fingerprint density at radius 2 is 1.71 bits per heavy atom. The van der Waals surface area contributed by atoms with Gasteiger partial charge in [0.1, 0.15) is 22.6 Å². The van der Waals surface area contributed by atoms with Crippen LogP contribution in [0.25, 0.3) is 0 Å². The van der Waals surface area contributed by atoms with Gasteiger partial charge in [-0.3, -0.25) is 0 Å². The molecule has 0 radical (unpaired) electrons. The number of carbonyl (C=O) groups is 3. The average molecular weight is 550 g/mol. The summed E-state index contributed by atoms with van der Waals surface area (Å²) in [6, 6.07) is 4.43. The second-order valence-electron chi connectivity index (χ2n) is 10.8. The number of imide groups is 1. The monoisotopic (exact) mass is 549 g/mol. The third-order valence-corrected chi connectivity index (χ3v) is 5.69. The lowest BCUT2D eigenvalue weighted by molar-refractivity contribution is -0.0112. The van der Waals surface area contributed by atoms with Crippen molar-refractivity contribution in [3.05, 3.63) is 46.2 Å². The number of carbonyl (C=O) groups excluding carboxylic acids is 3. The summed E-state index contributed by atoms with van der Waals surface area (Å²) in [4.78, 5) is 42.9. The molecule has 10 nitrogen and oxygen atoms in total. The first-order valence-corrected chi connectivity index (χ1v) is 12.9. The summed E-state index contributed by atoms with van der Waals surface area (Å²) < 4.78 is 22.2. The molecule has 0 fully saturated rings. The van der Waals surface area contributed by atoms with E-state index in [2.05, 4.69) is 10.3 Å². The predicted octanol–water partition coefficient (Wildman–Crippen LogP) is 6.45. The lowest BCUT2D eigenvalue weighted by Gasteiger charge is -2.37. The van der Waals surface area contributed by atoms with E-state index in [-0.39, 0.29) is 25.5 Å². The van der Waals surface area contributed by atoms with Crippen LogP contribution >= 0.6 is 11.6 Å². The number of halogens is 1. The first-order chi connectivity index (χ1) is 17.7. The van der Waals surface area contributed by atoms with Crippen LogP contribution in [0.1, 0.15) is 82.5 Å². The molecule has 1 aromatic heterocycles. The number of esters is 1. The van der Waals surface area contributed by atoms with Gasteiger partial charge in [0.2, 0.25) is 0 Å². The fourth-order valence-electron chi connectivity index (χ4n) is 3.99. The summed E-state index contributed by atoms with van der Waals surface area (Å²) >= 11 is 6.50.